The van der Waals surface area contributed by atoms with Gasteiger partial charge in [0.05, 0.1) is 5.51 Å². The Morgan fingerprint density at radius 2 is 2.33 bits per heavy atom. The van der Waals surface area contributed by atoms with E-state index in [1.807, 2.05) is 11.7 Å². The van der Waals surface area contributed by atoms with Crippen molar-refractivity contribution in [1.82, 2.24) is 10.3 Å². The summed E-state index contributed by atoms with van der Waals surface area (Å²) in [5.74, 6) is 0.919. The van der Waals surface area contributed by atoms with Gasteiger partial charge in [-0.1, -0.05) is 12.8 Å². The molecule has 1 aliphatic rings. The lowest BCUT2D eigenvalue weighted by Crippen LogP contribution is -2.32. The molecule has 0 aromatic carbocycles. The maximum absolute atomic E-state index is 4.12. The van der Waals surface area contributed by atoms with Crippen molar-refractivity contribution >= 4 is 11.3 Å². The fraction of sp³-hybridized carbons (Fsp3) is 0.750. The Morgan fingerprint density at radius 3 is 2.93 bits per heavy atom. The average Bonchev–Trinajstić information content (AvgIpc) is 2.90. The lowest BCUT2D eigenvalue weighted by molar-refractivity contribution is 0.360. The molecule has 1 N–H and O–H groups in total. The topological polar surface area (TPSA) is 24.9 Å². The van der Waals surface area contributed by atoms with Crippen molar-refractivity contribution in [1.29, 1.82) is 0 Å². The molecule has 0 spiro atoms. The van der Waals surface area contributed by atoms with Gasteiger partial charge in [-0.2, -0.15) is 0 Å². The number of aromatic nitrogens is 1. The molecule has 1 aromatic rings. The first-order chi connectivity index (χ1) is 7.40. The van der Waals surface area contributed by atoms with Crippen LogP contribution in [0.25, 0.3) is 0 Å². The fourth-order valence-electron chi connectivity index (χ4n) is 2.64. The number of nitrogens with zero attached hydrogens (tertiary/aromatic N) is 1. The third-order valence-corrected chi connectivity index (χ3v) is 4.36. The molecule has 0 amide bonds. The SMILES string of the molecule is CNC(CCc1cncs1)C1CCCC1. The van der Waals surface area contributed by atoms with Crippen LogP contribution in [0.4, 0.5) is 0 Å². The van der Waals surface area contributed by atoms with Crippen molar-refractivity contribution in [2.24, 2.45) is 5.92 Å². The van der Waals surface area contributed by atoms with Gasteiger partial charge in [-0.15, -0.1) is 11.3 Å². The first-order valence-corrected chi connectivity index (χ1v) is 6.82. The van der Waals surface area contributed by atoms with Crippen LogP contribution in [0.15, 0.2) is 11.7 Å². The van der Waals surface area contributed by atoms with E-state index in [-0.39, 0.29) is 0 Å². The van der Waals surface area contributed by atoms with Crippen LogP contribution in [0, 0.1) is 5.92 Å². The van der Waals surface area contributed by atoms with Crippen molar-refractivity contribution in [3.8, 4) is 0 Å². The highest BCUT2D eigenvalue weighted by Gasteiger charge is 2.23. The molecule has 1 aromatic heterocycles. The molecule has 1 unspecified atom stereocenters. The molecular formula is C12H20N2S. The zero-order valence-corrected chi connectivity index (χ0v) is 10.2. The molecule has 0 radical (unpaired) electrons. The number of hydrogen-bond acceptors (Lipinski definition) is 3. The summed E-state index contributed by atoms with van der Waals surface area (Å²) >= 11 is 1.78. The van der Waals surface area contributed by atoms with E-state index in [2.05, 4.69) is 17.3 Å². The van der Waals surface area contributed by atoms with Gasteiger partial charge in [0.1, 0.15) is 0 Å². The van der Waals surface area contributed by atoms with Crippen LogP contribution in [0.1, 0.15) is 37.0 Å². The molecule has 1 atom stereocenters. The molecule has 0 aliphatic heterocycles. The van der Waals surface area contributed by atoms with Crippen LogP contribution in [0.2, 0.25) is 0 Å². The molecule has 2 nitrogen and oxygen atoms in total. The van der Waals surface area contributed by atoms with Gasteiger partial charge in [0.2, 0.25) is 0 Å². The van der Waals surface area contributed by atoms with E-state index in [0.717, 1.165) is 12.0 Å². The third-order valence-electron chi connectivity index (χ3n) is 3.52. The highest BCUT2D eigenvalue weighted by molar-refractivity contribution is 7.09. The second kappa shape index (κ2) is 5.61. The smallest absolute Gasteiger partial charge is 0.0794 e. The van der Waals surface area contributed by atoms with Crippen LogP contribution in [0.3, 0.4) is 0 Å². The molecule has 1 saturated carbocycles. The Morgan fingerprint density at radius 1 is 1.53 bits per heavy atom. The van der Waals surface area contributed by atoms with Crippen molar-refractivity contribution in [2.75, 3.05) is 7.05 Å². The van der Waals surface area contributed by atoms with Crippen LogP contribution in [-0.2, 0) is 6.42 Å². The van der Waals surface area contributed by atoms with Gasteiger partial charge in [-0.05, 0) is 38.6 Å². The number of hydrogen-bond donors (Lipinski definition) is 1. The van der Waals surface area contributed by atoms with Gasteiger partial charge in [-0.3, -0.25) is 4.98 Å². The lowest BCUT2D eigenvalue weighted by Gasteiger charge is -2.22. The number of aryl methyl sites for hydroxylation is 1. The van der Waals surface area contributed by atoms with Gasteiger partial charge in [-0.25, -0.2) is 0 Å². The summed E-state index contributed by atoms with van der Waals surface area (Å²) in [6.07, 6.45) is 10.2. The second-order valence-electron chi connectivity index (χ2n) is 4.45. The predicted octanol–water partition coefficient (Wildman–Crippen LogP) is 2.85. The fourth-order valence-corrected chi connectivity index (χ4v) is 3.25. The monoisotopic (exact) mass is 224 g/mol. The van der Waals surface area contributed by atoms with Crippen LogP contribution >= 0.6 is 11.3 Å². The molecule has 84 valence electrons. The minimum absolute atomic E-state index is 0.717. The minimum Gasteiger partial charge on any atom is -0.317 e. The molecular weight excluding hydrogens is 204 g/mol. The summed E-state index contributed by atoms with van der Waals surface area (Å²) < 4.78 is 0. The van der Waals surface area contributed by atoms with Crippen LogP contribution in [0.5, 0.6) is 0 Å². The summed E-state index contributed by atoms with van der Waals surface area (Å²) in [7, 11) is 2.11. The summed E-state index contributed by atoms with van der Waals surface area (Å²) in [6.45, 7) is 0. The number of rotatable bonds is 5. The van der Waals surface area contributed by atoms with E-state index in [1.165, 1.54) is 43.4 Å². The Balaban J connectivity index is 1.80. The lowest BCUT2D eigenvalue weighted by atomic mass is 9.94. The van der Waals surface area contributed by atoms with Gasteiger partial charge < -0.3 is 5.32 Å². The van der Waals surface area contributed by atoms with Crippen LogP contribution < -0.4 is 5.32 Å². The Bertz CT molecular complexity index is 265. The molecule has 1 fully saturated rings. The molecule has 15 heavy (non-hydrogen) atoms. The highest BCUT2D eigenvalue weighted by atomic mass is 32.1. The van der Waals surface area contributed by atoms with E-state index in [4.69, 9.17) is 0 Å². The van der Waals surface area contributed by atoms with E-state index in [1.54, 1.807) is 11.3 Å². The average molecular weight is 224 g/mol. The van der Waals surface area contributed by atoms with E-state index >= 15 is 0 Å². The molecule has 0 saturated heterocycles. The maximum Gasteiger partial charge on any atom is 0.0794 e. The molecule has 1 aliphatic carbocycles. The van der Waals surface area contributed by atoms with E-state index in [9.17, 15) is 0 Å². The van der Waals surface area contributed by atoms with E-state index in [0.29, 0.717) is 0 Å². The predicted molar refractivity (Wildman–Crippen MR) is 65.2 cm³/mol. The molecule has 3 heteroatoms. The standard InChI is InChI=1S/C12H20N2S/c1-13-12(10-4-2-3-5-10)7-6-11-8-14-9-15-11/h8-10,12-13H,2-7H2,1H3. The van der Waals surface area contributed by atoms with E-state index < -0.39 is 0 Å². The zero-order valence-electron chi connectivity index (χ0n) is 9.41. The highest BCUT2D eigenvalue weighted by Crippen LogP contribution is 2.29. The normalized spacial score (nSPS) is 19.5. The van der Waals surface area contributed by atoms with Gasteiger partial charge >= 0.3 is 0 Å². The number of thiazole rings is 1. The molecule has 2 rings (SSSR count). The summed E-state index contributed by atoms with van der Waals surface area (Å²) in [5, 5.41) is 3.49. The van der Waals surface area contributed by atoms with Crippen molar-refractivity contribution in [2.45, 2.75) is 44.6 Å². The van der Waals surface area contributed by atoms with Crippen molar-refractivity contribution < 1.29 is 0 Å². The van der Waals surface area contributed by atoms with Gasteiger partial charge in [0, 0.05) is 17.1 Å². The van der Waals surface area contributed by atoms with Gasteiger partial charge in [0.15, 0.2) is 0 Å². The third kappa shape index (κ3) is 3.02. The largest absolute Gasteiger partial charge is 0.317 e. The molecule has 1 heterocycles. The van der Waals surface area contributed by atoms with Crippen LogP contribution in [-0.4, -0.2) is 18.1 Å². The van der Waals surface area contributed by atoms with Crippen molar-refractivity contribution in [3.05, 3.63) is 16.6 Å². The van der Waals surface area contributed by atoms with Gasteiger partial charge in [0.25, 0.3) is 0 Å². The Labute approximate surface area is 96.1 Å². The Hall–Kier alpha value is -0.410. The quantitative estimate of drug-likeness (QED) is 0.832. The second-order valence-corrected chi connectivity index (χ2v) is 5.42. The summed E-state index contributed by atoms with van der Waals surface area (Å²) in [4.78, 5) is 5.55. The zero-order chi connectivity index (χ0) is 10.5. The number of nitrogens with one attached hydrogen (secondary N) is 1. The molecule has 0 bridgehead atoms. The minimum atomic E-state index is 0.717. The Kier molecular flexibility index (Phi) is 4.15. The first-order valence-electron chi connectivity index (χ1n) is 5.95. The summed E-state index contributed by atoms with van der Waals surface area (Å²) in [5.41, 5.74) is 1.93. The van der Waals surface area contributed by atoms with Crippen molar-refractivity contribution in [3.63, 3.8) is 0 Å². The summed E-state index contributed by atoms with van der Waals surface area (Å²) in [6, 6.07) is 0.717. The first kappa shape index (κ1) is 11.1. The maximum atomic E-state index is 4.12.